The molecule has 0 radical (unpaired) electrons. The van der Waals surface area contributed by atoms with Gasteiger partial charge in [-0.2, -0.15) is 0 Å². The van der Waals surface area contributed by atoms with Gasteiger partial charge in [-0.25, -0.2) is 0 Å². The number of benzene rings is 1. The van der Waals surface area contributed by atoms with Crippen molar-refractivity contribution in [3.8, 4) is 17.2 Å². The molecule has 1 N–H and O–H groups in total. The minimum Gasteiger partial charge on any atom is -0.493 e. The van der Waals surface area contributed by atoms with Gasteiger partial charge < -0.3 is 19.5 Å². The lowest BCUT2D eigenvalue weighted by Crippen LogP contribution is -2.14. The van der Waals surface area contributed by atoms with Crippen molar-refractivity contribution in [1.82, 2.24) is 5.32 Å². The predicted octanol–water partition coefficient (Wildman–Crippen LogP) is 3.09. The molecule has 1 aromatic rings. The molecule has 1 aromatic carbocycles. The zero-order valence-electron chi connectivity index (χ0n) is 11.8. The average molecular weight is 265 g/mol. The molecule has 19 heavy (non-hydrogen) atoms. The second-order valence-corrected chi connectivity index (χ2v) is 4.69. The van der Waals surface area contributed by atoms with Gasteiger partial charge in [-0.3, -0.25) is 0 Å². The van der Waals surface area contributed by atoms with E-state index in [2.05, 4.69) is 19.2 Å². The van der Waals surface area contributed by atoms with Crippen LogP contribution in [0.5, 0.6) is 17.2 Å². The Hall–Kier alpha value is -1.42. The molecule has 106 valence electrons. The number of unbranched alkanes of at least 4 members (excludes halogenated alkanes) is 1. The number of fused-ring (bicyclic) bond motifs is 1. The Morgan fingerprint density at radius 1 is 1.16 bits per heavy atom. The zero-order chi connectivity index (χ0) is 13.5. The van der Waals surface area contributed by atoms with E-state index in [1.807, 2.05) is 12.1 Å². The largest absolute Gasteiger partial charge is 0.493 e. The topological polar surface area (TPSA) is 39.7 Å². The van der Waals surface area contributed by atoms with Gasteiger partial charge in [0.1, 0.15) is 5.75 Å². The summed E-state index contributed by atoms with van der Waals surface area (Å²) < 4.78 is 16.7. The maximum absolute atomic E-state index is 5.86. The molecule has 1 aliphatic rings. The number of ether oxygens (including phenoxy) is 3. The molecule has 1 aliphatic heterocycles. The molecule has 0 fully saturated rings. The summed E-state index contributed by atoms with van der Waals surface area (Å²) in [6.07, 6.45) is 3.32. The normalized spacial score (nSPS) is 12.7. The van der Waals surface area contributed by atoms with Crippen molar-refractivity contribution in [2.75, 3.05) is 19.9 Å². The molecular formula is C15H23NO3. The Labute approximate surface area is 115 Å². The van der Waals surface area contributed by atoms with Crippen LogP contribution in [0.15, 0.2) is 12.1 Å². The van der Waals surface area contributed by atoms with Gasteiger partial charge >= 0.3 is 0 Å². The highest BCUT2D eigenvalue weighted by Gasteiger charge is 2.17. The molecule has 0 unspecified atom stereocenters. The van der Waals surface area contributed by atoms with E-state index in [1.54, 1.807) is 0 Å². The standard InChI is InChI=1S/C15H23NO3/c1-3-5-7-17-13-9-15-14(18-11-19-15)8-12(13)10-16-6-4-2/h8-9,16H,3-7,10-11H2,1-2H3. The fourth-order valence-corrected chi connectivity index (χ4v) is 1.96. The average Bonchev–Trinajstić information content (AvgIpc) is 2.86. The summed E-state index contributed by atoms with van der Waals surface area (Å²) in [5, 5.41) is 3.40. The fraction of sp³-hybridized carbons (Fsp3) is 0.600. The van der Waals surface area contributed by atoms with Crippen molar-refractivity contribution in [2.45, 2.75) is 39.7 Å². The second kappa shape index (κ2) is 7.24. The number of nitrogens with one attached hydrogen (secondary N) is 1. The van der Waals surface area contributed by atoms with Crippen molar-refractivity contribution in [3.63, 3.8) is 0 Å². The summed E-state index contributed by atoms with van der Waals surface area (Å²) in [7, 11) is 0. The lowest BCUT2D eigenvalue weighted by atomic mass is 10.1. The van der Waals surface area contributed by atoms with E-state index < -0.39 is 0 Å². The van der Waals surface area contributed by atoms with E-state index in [9.17, 15) is 0 Å². The molecule has 0 saturated heterocycles. The summed E-state index contributed by atoms with van der Waals surface area (Å²) in [6.45, 7) is 7.17. The van der Waals surface area contributed by atoms with Crippen molar-refractivity contribution < 1.29 is 14.2 Å². The first kappa shape index (κ1) is 14.0. The summed E-state index contributed by atoms with van der Waals surface area (Å²) >= 11 is 0. The highest BCUT2D eigenvalue weighted by Crippen LogP contribution is 2.38. The molecular weight excluding hydrogens is 242 g/mol. The zero-order valence-corrected chi connectivity index (χ0v) is 11.8. The van der Waals surface area contributed by atoms with Crippen LogP contribution in [0.25, 0.3) is 0 Å². The van der Waals surface area contributed by atoms with Gasteiger partial charge in [0.05, 0.1) is 6.61 Å². The van der Waals surface area contributed by atoms with Crippen LogP contribution in [0.3, 0.4) is 0 Å². The summed E-state index contributed by atoms with van der Waals surface area (Å²) in [5.74, 6) is 2.50. The van der Waals surface area contributed by atoms with Crippen molar-refractivity contribution in [2.24, 2.45) is 0 Å². The molecule has 4 heteroatoms. The van der Waals surface area contributed by atoms with Crippen LogP contribution in [0.1, 0.15) is 38.7 Å². The summed E-state index contributed by atoms with van der Waals surface area (Å²) in [4.78, 5) is 0. The molecule has 0 saturated carbocycles. The number of rotatable bonds is 8. The highest BCUT2D eigenvalue weighted by atomic mass is 16.7. The van der Waals surface area contributed by atoms with E-state index in [0.717, 1.165) is 61.8 Å². The lowest BCUT2D eigenvalue weighted by Gasteiger charge is -2.13. The first-order chi connectivity index (χ1) is 9.35. The van der Waals surface area contributed by atoms with Gasteiger partial charge in [0.25, 0.3) is 0 Å². The SMILES string of the molecule is CCCCOc1cc2c(cc1CNCCC)OCO2. The van der Waals surface area contributed by atoms with Gasteiger partial charge in [0.2, 0.25) is 6.79 Å². The Bertz CT molecular complexity index is 370. The van der Waals surface area contributed by atoms with Gasteiger partial charge in [-0.15, -0.1) is 0 Å². The smallest absolute Gasteiger partial charge is 0.231 e. The molecule has 0 spiro atoms. The Kier molecular flexibility index (Phi) is 5.33. The molecule has 4 nitrogen and oxygen atoms in total. The Morgan fingerprint density at radius 3 is 2.68 bits per heavy atom. The molecule has 0 amide bonds. The first-order valence-electron chi connectivity index (χ1n) is 7.11. The first-order valence-corrected chi connectivity index (χ1v) is 7.11. The Morgan fingerprint density at radius 2 is 1.95 bits per heavy atom. The van der Waals surface area contributed by atoms with Crippen molar-refractivity contribution in [1.29, 1.82) is 0 Å². The third-order valence-corrected chi connectivity index (χ3v) is 3.05. The van der Waals surface area contributed by atoms with E-state index in [0.29, 0.717) is 6.79 Å². The maximum atomic E-state index is 5.86. The van der Waals surface area contributed by atoms with E-state index in [1.165, 1.54) is 0 Å². The van der Waals surface area contributed by atoms with Gasteiger partial charge in [-0.05, 0) is 25.5 Å². The third-order valence-electron chi connectivity index (χ3n) is 3.05. The van der Waals surface area contributed by atoms with Crippen molar-refractivity contribution >= 4 is 0 Å². The van der Waals surface area contributed by atoms with E-state index in [-0.39, 0.29) is 0 Å². The van der Waals surface area contributed by atoms with Crippen LogP contribution in [-0.4, -0.2) is 19.9 Å². The quantitative estimate of drug-likeness (QED) is 0.733. The molecule has 1 heterocycles. The van der Waals surface area contributed by atoms with Crippen LogP contribution < -0.4 is 19.5 Å². The maximum Gasteiger partial charge on any atom is 0.231 e. The second-order valence-electron chi connectivity index (χ2n) is 4.69. The van der Waals surface area contributed by atoms with E-state index in [4.69, 9.17) is 14.2 Å². The monoisotopic (exact) mass is 265 g/mol. The van der Waals surface area contributed by atoms with Gasteiger partial charge in [0, 0.05) is 18.2 Å². The molecule has 0 aromatic heterocycles. The Balaban J connectivity index is 2.07. The van der Waals surface area contributed by atoms with Crippen LogP contribution in [-0.2, 0) is 6.54 Å². The van der Waals surface area contributed by atoms with E-state index >= 15 is 0 Å². The minimum atomic E-state index is 0.301. The molecule has 0 bridgehead atoms. The lowest BCUT2D eigenvalue weighted by molar-refractivity contribution is 0.173. The summed E-state index contributed by atoms with van der Waals surface area (Å²) in [6, 6.07) is 3.97. The third kappa shape index (κ3) is 3.77. The molecule has 0 aliphatic carbocycles. The predicted molar refractivity (Wildman–Crippen MR) is 75.0 cm³/mol. The number of hydrogen-bond donors (Lipinski definition) is 1. The van der Waals surface area contributed by atoms with Crippen LogP contribution in [0.2, 0.25) is 0 Å². The molecule has 0 atom stereocenters. The summed E-state index contributed by atoms with van der Waals surface area (Å²) in [5.41, 5.74) is 1.13. The van der Waals surface area contributed by atoms with Crippen molar-refractivity contribution in [3.05, 3.63) is 17.7 Å². The fourth-order valence-electron chi connectivity index (χ4n) is 1.96. The van der Waals surface area contributed by atoms with Crippen LogP contribution in [0.4, 0.5) is 0 Å². The number of hydrogen-bond acceptors (Lipinski definition) is 4. The highest BCUT2D eigenvalue weighted by molar-refractivity contribution is 5.51. The van der Waals surface area contributed by atoms with Crippen LogP contribution >= 0.6 is 0 Å². The van der Waals surface area contributed by atoms with Gasteiger partial charge in [0.15, 0.2) is 11.5 Å². The minimum absolute atomic E-state index is 0.301. The van der Waals surface area contributed by atoms with Gasteiger partial charge in [-0.1, -0.05) is 20.3 Å². The molecule has 2 rings (SSSR count). The van der Waals surface area contributed by atoms with Crippen LogP contribution in [0, 0.1) is 0 Å².